The van der Waals surface area contributed by atoms with Crippen molar-refractivity contribution in [2.45, 2.75) is 0 Å². The Labute approximate surface area is 103 Å². The molecule has 3 rings (SSSR count). The molecule has 0 aliphatic carbocycles. The summed E-state index contributed by atoms with van der Waals surface area (Å²) in [5.41, 5.74) is 9.66. The van der Waals surface area contributed by atoms with Crippen molar-refractivity contribution < 1.29 is 4.79 Å². The number of aromatic amines is 1. The van der Waals surface area contributed by atoms with Crippen LogP contribution in [-0.2, 0) is 4.79 Å². The van der Waals surface area contributed by atoms with E-state index in [0.717, 1.165) is 16.5 Å². The van der Waals surface area contributed by atoms with Gasteiger partial charge in [-0.25, -0.2) is 0 Å². The second-order valence-corrected chi connectivity index (χ2v) is 4.05. The molecule has 4 nitrogen and oxygen atoms in total. The summed E-state index contributed by atoms with van der Waals surface area (Å²) in [6, 6.07) is 11.2. The minimum atomic E-state index is 0.482. The van der Waals surface area contributed by atoms with Crippen LogP contribution >= 0.6 is 0 Å². The fourth-order valence-corrected chi connectivity index (χ4v) is 2.08. The molecule has 4 heteroatoms. The molecule has 3 N–H and O–H groups in total. The van der Waals surface area contributed by atoms with Gasteiger partial charge in [0.05, 0.1) is 17.3 Å². The zero-order valence-electron chi connectivity index (χ0n) is 9.47. The molecule has 18 heavy (non-hydrogen) atoms. The van der Waals surface area contributed by atoms with E-state index in [1.165, 1.54) is 0 Å². The number of nitrogen functional groups attached to an aromatic ring is 1. The van der Waals surface area contributed by atoms with Gasteiger partial charge in [0.25, 0.3) is 0 Å². The van der Waals surface area contributed by atoms with Crippen LogP contribution in [0.3, 0.4) is 0 Å². The standard InChI is InChI=1S/C14H10N3O/c15-11-3-1-2-9(6-11)12-5-4-10(8-18)14-13(12)7-16-17-14/h1-7H,15H2,(H,16,17). The third-order valence-corrected chi connectivity index (χ3v) is 2.92. The number of nitrogens with two attached hydrogens (primary N) is 1. The normalized spacial score (nSPS) is 10.7. The Balaban J connectivity index is 2.30. The zero-order valence-corrected chi connectivity index (χ0v) is 9.47. The Kier molecular flexibility index (Phi) is 2.34. The van der Waals surface area contributed by atoms with Gasteiger partial charge in [-0.2, -0.15) is 5.10 Å². The molecule has 1 aromatic heterocycles. The minimum Gasteiger partial charge on any atom is -0.399 e. The maximum absolute atomic E-state index is 10.8. The number of nitrogens with one attached hydrogen (secondary N) is 1. The molecular weight excluding hydrogens is 226 g/mol. The fourth-order valence-electron chi connectivity index (χ4n) is 2.08. The van der Waals surface area contributed by atoms with Gasteiger partial charge in [0, 0.05) is 11.1 Å². The second-order valence-electron chi connectivity index (χ2n) is 4.05. The Morgan fingerprint density at radius 2 is 2.11 bits per heavy atom. The number of benzene rings is 2. The third kappa shape index (κ3) is 1.55. The predicted molar refractivity (Wildman–Crippen MR) is 70.7 cm³/mol. The van der Waals surface area contributed by atoms with E-state index in [0.29, 0.717) is 16.8 Å². The molecule has 0 bridgehead atoms. The molecule has 3 aromatic rings. The van der Waals surface area contributed by atoms with E-state index in [9.17, 15) is 4.79 Å². The lowest BCUT2D eigenvalue weighted by molar-refractivity contribution is 0.563. The molecule has 0 aliphatic rings. The Hall–Kier alpha value is -2.62. The summed E-state index contributed by atoms with van der Waals surface area (Å²) in [5, 5.41) is 7.69. The molecule has 1 heterocycles. The SMILES string of the molecule is Nc1cccc(-c2ccc([C]=O)c3[nH]ncc23)c1. The molecule has 0 atom stereocenters. The first-order valence-electron chi connectivity index (χ1n) is 5.50. The number of H-pyrrole nitrogens is 1. The van der Waals surface area contributed by atoms with Gasteiger partial charge < -0.3 is 5.73 Å². The molecule has 0 spiro atoms. The van der Waals surface area contributed by atoms with E-state index in [2.05, 4.69) is 10.2 Å². The molecule has 0 unspecified atom stereocenters. The number of aromatic nitrogens is 2. The predicted octanol–water partition coefficient (Wildman–Crippen LogP) is 2.27. The molecule has 0 aliphatic heterocycles. The van der Waals surface area contributed by atoms with Gasteiger partial charge in [0.2, 0.25) is 6.29 Å². The largest absolute Gasteiger partial charge is 0.399 e. The highest BCUT2D eigenvalue weighted by Gasteiger charge is 2.09. The van der Waals surface area contributed by atoms with Crippen molar-refractivity contribution in [1.82, 2.24) is 10.2 Å². The number of nitrogens with zero attached hydrogens (tertiary/aromatic N) is 1. The van der Waals surface area contributed by atoms with E-state index in [1.807, 2.05) is 36.6 Å². The van der Waals surface area contributed by atoms with Gasteiger partial charge in [-0.3, -0.25) is 9.89 Å². The van der Waals surface area contributed by atoms with Crippen LogP contribution in [0.4, 0.5) is 5.69 Å². The first kappa shape index (κ1) is 10.5. The maximum atomic E-state index is 10.8. The Morgan fingerprint density at radius 3 is 2.89 bits per heavy atom. The van der Waals surface area contributed by atoms with Crippen LogP contribution < -0.4 is 5.73 Å². The average Bonchev–Trinajstić information content (AvgIpc) is 2.86. The van der Waals surface area contributed by atoms with Gasteiger partial charge >= 0.3 is 0 Å². The van der Waals surface area contributed by atoms with Crippen molar-refractivity contribution >= 4 is 22.9 Å². The van der Waals surface area contributed by atoms with Crippen molar-refractivity contribution in [1.29, 1.82) is 0 Å². The van der Waals surface area contributed by atoms with Crippen LogP contribution in [0, 0.1) is 0 Å². The van der Waals surface area contributed by atoms with Crippen LogP contribution in [0.5, 0.6) is 0 Å². The van der Waals surface area contributed by atoms with Gasteiger partial charge in [-0.1, -0.05) is 18.2 Å². The van der Waals surface area contributed by atoms with Crippen molar-refractivity contribution in [2.24, 2.45) is 0 Å². The van der Waals surface area contributed by atoms with Crippen molar-refractivity contribution in [2.75, 3.05) is 5.73 Å². The Bertz CT molecular complexity index is 731. The zero-order chi connectivity index (χ0) is 12.5. The van der Waals surface area contributed by atoms with E-state index in [4.69, 9.17) is 5.73 Å². The van der Waals surface area contributed by atoms with Crippen LogP contribution in [0.25, 0.3) is 22.0 Å². The van der Waals surface area contributed by atoms with Crippen LogP contribution in [0.15, 0.2) is 42.6 Å². The monoisotopic (exact) mass is 236 g/mol. The number of hydrogen-bond donors (Lipinski definition) is 2. The highest BCUT2D eigenvalue weighted by molar-refractivity contribution is 6.03. The van der Waals surface area contributed by atoms with Gasteiger partial charge in [0.15, 0.2) is 0 Å². The number of anilines is 1. The fraction of sp³-hybridized carbons (Fsp3) is 0. The number of carbonyl (C=O) groups excluding carboxylic acids is 1. The van der Waals surface area contributed by atoms with Crippen LogP contribution in [-0.4, -0.2) is 16.5 Å². The smallest absolute Gasteiger partial charge is 0.235 e. The molecule has 87 valence electrons. The summed E-state index contributed by atoms with van der Waals surface area (Å²) in [5.74, 6) is 0. The summed E-state index contributed by atoms with van der Waals surface area (Å²) in [4.78, 5) is 10.8. The first-order chi connectivity index (χ1) is 8.79. The van der Waals surface area contributed by atoms with E-state index in [-0.39, 0.29) is 0 Å². The molecule has 2 aromatic carbocycles. The summed E-state index contributed by atoms with van der Waals surface area (Å²) >= 11 is 0. The third-order valence-electron chi connectivity index (χ3n) is 2.92. The van der Waals surface area contributed by atoms with Crippen molar-refractivity contribution in [3.05, 3.63) is 48.2 Å². The van der Waals surface area contributed by atoms with E-state index < -0.39 is 0 Å². The van der Waals surface area contributed by atoms with Gasteiger partial charge in [-0.05, 0) is 29.3 Å². The lowest BCUT2D eigenvalue weighted by atomic mass is 9.99. The highest BCUT2D eigenvalue weighted by Crippen LogP contribution is 2.29. The minimum absolute atomic E-state index is 0.482. The second kappa shape index (κ2) is 4.00. The van der Waals surface area contributed by atoms with Crippen molar-refractivity contribution in [3.63, 3.8) is 0 Å². The van der Waals surface area contributed by atoms with Gasteiger partial charge in [-0.15, -0.1) is 0 Å². The molecule has 0 saturated heterocycles. The molecule has 0 fully saturated rings. The number of fused-ring (bicyclic) bond motifs is 1. The molecule has 0 amide bonds. The maximum Gasteiger partial charge on any atom is 0.235 e. The summed E-state index contributed by atoms with van der Waals surface area (Å²) in [6.45, 7) is 0. The summed E-state index contributed by atoms with van der Waals surface area (Å²) in [7, 11) is 0. The van der Waals surface area contributed by atoms with E-state index >= 15 is 0 Å². The van der Waals surface area contributed by atoms with Crippen LogP contribution in [0.1, 0.15) is 5.56 Å². The highest BCUT2D eigenvalue weighted by atomic mass is 16.1. The van der Waals surface area contributed by atoms with Gasteiger partial charge in [0.1, 0.15) is 0 Å². The molecular formula is C14H10N3O. The summed E-state index contributed by atoms with van der Waals surface area (Å²) in [6.07, 6.45) is 3.60. The Morgan fingerprint density at radius 1 is 1.22 bits per heavy atom. The molecule has 1 radical (unpaired) electrons. The quantitative estimate of drug-likeness (QED) is 0.670. The lowest BCUT2D eigenvalue weighted by Crippen LogP contribution is -1.88. The topological polar surface area (TPSA) is 71.8 Å². The first-order valence-corrected chi connectivity index (χ1v) is 5.50. The van der Waals surface area contributed by atoms with Crippen LogP contribution in [0.2, 0.25) is 0 Å². The number of hydrogen-bond acceptors (Lipinski definition) is 3. The lowest BCUT2D eigenvalue weighted by Gasteiger charge is -2.05. The summed E-state index contributed by atoms with van der Waals surface area (Å²) < 4.78 is 0. The average molecular weight is 236 g/mol. The number of rotatable bonds is 2. The van der Waals surface area contributed by atoms with Crippen molar-refractivity contribution in [3.8, 4) is 11.1 Å². The molecule has 0 saturated carbocycles. The van der Waals surface area contributed by atoms with E-state index in [1.54, 1.807) is 12.3 Å².